The van der Waals surface area contributed by atoms with Crippen LogP contribution >= 0.6 is 0 Å². The van der Waals surface area contributed by atoms with E-state index in [-0.39, 0.29) is 11.2 Å². The zero-order valence-corrected chi connectivity index (χ0v) is 12.9. The van der Waals surface area contributed by atoms with Gasteiger partial charge in [0.2, 0.25) is 0 Å². The Morgan fingerprint density at radius 1 is 1.05 bits per heavy atom. The molecule has 0 unspecified atom stereocenters. The van der Waals surface area contributed by atoms with Crippen molar-refractivity contribution >= 4 is 11.9 Å². The van der Waals surface area contributed by atoms with Crippen molar-refractivity contribution in [3.05, 3.63) is 53.6 Å². The zero-order chi connectivity index (χ0) is 15.5. The van der Waals surface area contributed by atoms with Crippen molar-refractivity contribution in [2.24, 2.45) is 4.99 Å². The molecule has 0 atom stereocenters. The molecule has 1 N–H and O–H groups in total. The maximum absolute atomic E-state index is 10.0. The van der Waals surface area contributed by atoms with E-state index in [2.05, 4.69) is 37.9 Å². The number of hydrogen-bond acceptors (Lipinski definition) is 3. The van der Waals surface area contributed by atoms with Gasteiger partial charge in [-0.1, -0.05) is 39.0 Å². The fourth-order valence-corrected chi connectivity index (χ4v) is 2.00. The number of para-hydroxylation sites is 1. The molecule has 0 aliphatic heterocycles. The van der Waals surface area contributed by atoms with E-state index < -0.39 is 0 Å². The first-order valence-corrected chi connectivity index (χ1v) is 6.92. The lowest BCUT2D eigenvalue weighted by Gasteiger charge is -2.18. The summed E-state index contributed by atoms with van der Waals surface area (Å²) in [6, 6.07) is 13.5. The highest BCUT2D eigenvalue weighted by atomic mass is 16.5. The van der Waals surface area contributed by atoms with Crippen LogP contribution in [0.3, 0.4) is 0 Å². The van der Waals surface area contributed by atoms with Crippen molar-refractivity contribution in [1.29, 1.82) is 0 Å². The number of nitrogens with zero attached hydrogens (tertiary/aromatic N) is 1. The van der Waals surface area contributed by atoms with Crippen LogP contribution in [0.5, 0.6) is 11.5 Å². The second-order valence-electron chi connectivity index (χ2n) is 5.95. The first-order chi connectivity index (χ1) is 9.91. The second-order valence-corrected chi connectivity index (χ2v) is 5.95. The minimum absolute atomic E-state index is 0.107. The van der Waals surface area contributed by atoms with Gasteiger partial charge in [0, 0.05) is 11.8 Å². The van der Waals surface area contributed by atoms with Crippen molar-refractivity contribution in [3.63, 3.8) is 0 Å². The molecule has 0 fully saturated rings. The SMILES string of the molecule is COc1cccc(C=Nc2ccc(C(C)(C)C)cc2)c1O. The molecule has 0 aromatic heterocycles. The molecule has 0 saturated carbocycles. The average molecular weight is 283 g/mol. The lowest BCUT2D eigenvalue weighted by molar-refractivity contribution is 0.373. The highest BCUT2D eigenvalue weighted by molar-refractivity contribution is 5.86. The van der Waals surface area contributed by atoms with Crippen LogP contribution in [0, 0.1) is 0 Å². The van der Waals surface area contributed by atoms with Gasteiger partial charge in [-0.25, -0.2) is 0 Å². The Morgan fingerprint density at radius 3 is 2.29 bits per heavy atom. The van der Waals surface area contributed by atoms with E-state index in [1.807, 2.05) is 18.2 Å². The van der Waals surface area contributed by atoms with Gasteiger partial charge in [0.25, 0.3) is 0 Å². The number of hydrogen-bond donors (Lipinski definition) is 1. The highest BCUT2D eigenvalue weighted by Crippen LogP contribution is 2.29. The van der Waals surface area contributed by atoms with E-state index in [4.69, 9.17) is 4.74 Å². The lowest BCUT2D eigenvalue weighted by atomic mass is 9.87. The van der Waals surface area contributed by atoms with Gasteiger partial charge in [0.05, 0.1) is 12.8 Å². The molecule has 0 radical (unpaired) electrons. The second kappa shape index (κ2) is 6.00. The molecule has 0 saturated heterocycles. The van der Waals surface area contributed by atoms with Crippen LogP contribution in [-0.2, 0) is 5.41 Å². The van der Waals surface area contributed by atoms with Gasteiger partial charge >= 0.3 is 0 Å². The predicted octanol–water partition coefficient (Wildman–Crippen LogP) is 4.45. The van der Waals surface area contributed by atoms with E-state index in [0.29, 0.717) is 11.3 Å². The number of ether oxygens (including phenoxy) is 1. The van der Waals surface area contributed by atoms with Gasteiger partial charge in [-0.3, -0.25) is 4.99 Å². The predicted molar refractivity (Wildman–Crippen MR) is 87.1 cm³/mol. The Bertz CT molecular complexity index is 637. The number of phenols is 1. The van der Waals surface area contributed by atoms with E-state index in [1.165, 1.54) is 12.7 Å². The fourth-order valence-electron chi connectivity index (χ4n) is 2.00. The Morgan fingerprint density at radius 2 is 1.71 bits per heavy atom. The summed E-state index contributed by atoms with van der Waals surface area (Å²) in [7, 11) is 1.53. The van der Waals surface area contributed by atoms with Crippen LogP contribution in [0.1, 0.15) is 31.9 Å². The van der Waals surface area contributed by atoms with Gasteiger partial charge in [0.1, 0.15) is 0 Å². The molecule has 21 heavy (non-hydrogen) atoms. The van der Waals surface area contributed by atoms with Crippen molar-refractivity contribution in [2.75, 3.05) is 7.11 Å². The Kier molecular flexibility index (Phi) is 4.32. The molecule has 3 heteroatoms. The molecule has 3 nitrogen and oxygen atoms in total. The van der Waals surface area contributed by atoms with Crippen molar-refractivity contribution < 1.29 is 9.84 Å². The van der Waals surface area contributed by atoms with E-state index >= 15 is 0 Å². The maximum atomic E-state index is 10.0. The normalized spacial score (nSPS) is 11.8. The highest BCUT2D eigenvalue weighted by Gasteiger charge is 2.12. The smallest absolute Gasteiger partial charge is 0.166 e. The third kappa shape index (κ3) is 3.63. The third-order valence-corrected chi connectivity index (χ3v) is 3.34. The van der Waals surface area contributed by atoms with Crippen LogP contribution in [-0.4, -0.2) is 18.4 Å². The molecule has 2 rings (SSSR count). The molecule has 110 valence electrons. The molecule has 0 bridgehead atoms. The van der Waals surface area contributed by atoms with E-state index in [0.717, 1.165) is 5.69 Å². The standard InChI is InChI=1S/C18H21NO2/c1-18(2,3)14-8-10-15(11-9-14)19-12-13-6-5-7-16(21-4)17(13)20/h5-12,20H,1-4H3. The molecule has 0 aliphatic carbocycles. The molecule has 2 aromatic carbocycles. The lowest BCUT2D eigenvalue weighted by Crippen LogP contribution is -2.10. The van der Waals surface area contributed by atoms with Gasteiger partial charge in [-0.2, -0.15) is 0 Å². The van der Waals surface area contributed by atoms with E-state index in [9.17, 15) is 5.11 Å². The number of phenolic OH excluding ortho intramolecular Hbond substituents is 1. The first-order valence-electron chi connectivity index (χ1n) is 6.92. The van der Waals surface area contributed by atoms with Gasteiger partial charge in [0.15, 0.2) is 11.5 Å². The van der Waals surface area contributed by atoms with Crippen molar-refractivity contribution in [3.8, 4) is 11.5 Å². The number of methoxy groups -OCH3 is 1. The zero-order valence-electron chi connectivity index (χ0n) is 12.9. The molecular weight excluding hydrogens is 262 g/mol. The molecule has 0 heterocycles. The quantitative estimate of drug-likeness (QED) is 0.846. The topological polar surface area (TPSA) is 41.8 Å². The minimum Gasteiger partial charge on any atom is -0.504 e. The van der Waals surface area contributed by atoms with Gasteiger partial charge in [-0.15, -0.1) is 0 Å². The largest absolute Gasteiger partial charge is 0.504 e. The van der Waals surface area contributed by atoms with Crippen molar-refractivity contribution in [1.82, 2.24) is 0 Å². The third-order valence-electron chi connectivity index (χ3n) is 3.34. The van der Waals surface area contributed by atoms with E-state index in [1.54, 1.807) is 18.3 Å². The maximum Gasteiger partial charge on any atom is 0.166 e. The van der Waals surface area contributed by atoms with Crippen LogP contribution in [0.2, 0.25) is 0 Å². The summed E-state index contributed by atoms with van der Waals surface area (Å²) >= 11 is 0. The summed E-state index contributed by atoms with van der Waals surface area (Å²) < 4.78 is 5.08. The molecule has 0 aliphatic rings. The number of rotatable bonds is 3. The summed E-state index contributed by atoms with van der Waals surface area (Å²) in [5.74, 6) is 0.553. The Labute approximate surface area is 125 Å². The Hall–Kier alpha value is -2.29. The average Bonchev–Trinajstić information content (AvgIpc) is 2.46. The summed E-state index contributed by atoms with van der Waals surface area (Å²) in [5.41, 5.74) is 2.89. The Balaban J connectivity index is 2.22. The number of aliphatic imine (C=N–C) groups is 1. The van der Waals surface area contributed by atoms with Gasteiger partial charge in [-0.05, 0) is 35.2 Å². The number of aromatic hydroxyl groups is 1. The molecule has 0 spiro atoms. The van der Waals surface area contributed by atoms with Crippen LogP contribution < -0.4 is 4.74 Å². The number of benzene rings is 2. The minimum atomic E-state index is 0.107. The van der Waals surface area contributed by atoms with Crippen molar-refractivity contribution in [2.45, 2.75) is 26.2 Å². The fraction of sp³-hybridized carbons (Fsp3) is 0.278. The van der Waals surface area contributed by atoms with Crippen LogP contribution in [0.4, 0.5) is 5.69 Å². The molecular formula is C18H21NO2. The molecule has 0 amide bonds. The summed E-state index contributed by atoms with van der Waals surface area (Å²) in [4.78, 5) is 4.40. The summed E-state index contributed by atoms with van der Waals surface area (Å²) in [5, 5.41) is 10.0. The van der Waals surface area contributed by atoms with Crippen LogP contribution in [0.15, 0.2) is 47.5 Å². The summed E-state index contributed by atoms with van der Waals surface area (Å²) in [6.45, 7) is 6.54. The van der Waals surface area contributed by atoms with Crippen LogP contribution in [0.25, 0.3) is 0 Å². The summed E-state index contributed by atoms with van der Waals surface area (Å²) in [6.07, 6.45) is 1.64. The van der Waals surface area contributed by atoms with Gasteiger partial charge < -0.3 is 9.84 Å². The first kappa shape index (κ1) is 15.1. The molecule has 2 aromatic rings. The monoisotopic (exact) mass is 283 g/mol.